The molecule has 0 saturated carbocycles. The van der Waals surface area contributed by atoms with Crippen molar-refractivity contribution in [1.29, 1.82) is 0 Å². The summed E-state index contributed by atoms with van der Waals surface area (Å²) in [6.07, 6.45) is 0.854. The Labute approximate surface area is 131 Å². The Morgan fingerprint density at radius 3 is 1.87 bits per heavy atom. The zero-order valence-corrected chi connectivity index (χ0v) is 12.4. The van der Waals surface area contributed by atoms with Crippen molar-refractivity contribution in [3.05, 3.63) is 41.1 Å². The van der Waals surface area contributed by atoms with Crippen LogP contribution in [-0.4, -0.2) is 38.0 Å². The second-order valence-corrected chi connectivity index (χ2v) is 4.23. The number of methoxy groups -OCH3 is 2. The van der Waals surface area contributed by atoms with Crippen LogP contribution in [0.3, 0.4) is 0 Å². The standard InChI is InChI=1S/C14H15N3O6/c1-22-11(18)6-10(14(21)23-2)17-9-4-7(12(15)19)3-8(5-9)13(16)20/h3-6,17H,1-2H3,(H2,15,19)(H2,16,20)/b10-6+. The predicted octanol–water partition coefficient (Wildman–Crippen LogP) is -0.474. The van der Waals surface area contributed by atoms with E-state index >= 15 is 0 Å². The molecule has 5 N–H and O–H groups in total. The molecule has 1 rings (SSSR count). The van der Waals surface area contributed by atoms with Crippen LogP contribution >= 0.6 is 0 Å². The van der Waals surface area contributed by atoms with Gasteiger partial charge in [0.1, 0.15) is 5.70 Å². The summed E-state index contributed by atoms with van der Waals surface area (Å²) in [6.45, 7) is 0. The maximum absolute atomic E-state index is 11.7. The first-order chi connectivity index (χ1) is 10.8. The number of rotatable bonds is 6. The summed E-state index contributed by atoms with van der Waals surface area (Å²) in [5, 5.41) is 2.56. The molecule has 0 aromatic heterocycles. The molecule has 2 amide bonds. The molecular weight excluding hydrogens is 306 g/mol. The molecule has 0 spiro atoms. The van der Waals surface area contributed by atoms with Crippen LogP contribution in [0.25, 0.3) is 0 Å². The third-order valence-electron chi connectivity index (χ3n) is 2.65. The molecule has 0 saturated heterocycles. The van der Waals surface area contributed by atoms with Gasteiger partial charge in [-0.3, -0.25) is 9.59 Å². The van der Waals surface area contributed by atoms with Gasteiger partial charge in [-0.1, -0.05) is 0 Å². The van der Waals surface area contributed by atoms with Crippen molar-refractivity contribution in [3.8, 4) is 0 Å². The van der Waals surface area contributed by atoms with Crippen molar-refractivity contribution in [2.24, 2.45) is 11.5 Å². The quantitative estimate of drug-likeness (QED) is 0.473. The maximum Gasteiger partial charge on any atom is 0.354 e. The van der Waals surface area contributed by atoms with Gasteiger partial charge in [-0.15, -0.1) is 0 Å². The average molecular weight is 321 g/mol. The molecule has 0 unspecified atom stereocenters. The number of carbonyl (C=O) groups excluding carboxylic acids is 4. The van der Waals surface area contributed by atoms with Gasteiger partial charge in [-0.25, -0.2) is 9.59 Å². The van der Waals surface area contributed by atoms with Crippen molar-refractivity contribution in [2.45, 2.75) is 0 Å². The molecule has 9 heteroatoms. The molecule has 0 aliphatic carbocycles. The highest BCUT2D eigenvalue weighted by atomic mass is 16.5. The van der Waals surface area contributed by atoms with E-state index in [0.717, 1.165) is 20.3 Å². The number of benzene rings is 1. The van der Waals surface area contributed by atoms with Gasteiger partial charge in [-0.05, 0) is 18.2 Å². The van der Waals surface area contributed by atoms with E-state index in [-0.39, 0.29) is 22.5 Å². The van der Waals surface area contributed by atoms with Crippen LogP contribution in [0.2, 0.25) is 0 Å². The Kier molecular flexibility index (Phi) is 5.84. The second-order valence-electron chi connectivity index (χ2n) is 4.23. The van der Waals surface area contributed by atoms with Gasteiger partial charge in [0.25, 0.3) is 0 Å². The molecule has 1 aromatic carbocycles. The van der Waals surface area contributed by atoms with Crippen LogP contribution in [0.1, 0.15) is 20.7 Å². The van der Waals surface area contributed by atoms with Crippen molar-refractivity contribution in [2.75, 3.05) is 19.5 Å². The second kappa shape index (κ2) is 7.59. The van der Waals surface area contributed by atoms with E-state index in [4.69, 9.17) is 11.5 Å². The topological polar surface area (TPSA) is 151 Å². The van der Waals surface area contributed by atoms with Crippen molar-refractivity contribution in [1.82, 2.24) is 0 Å². The first-order valence-electron chi connectivity index (χ1n) is 6.18. The lowest BCUT2D eigenvalue weighted by molar-refractivity contribution is -0.138. The maximum atomic E-state index is 11.7. The van der Waals surface area contributed by atoms with Crippen LogP contribution in [0, 0.1) is 0 Å². The number of nitrogens with two attached hydrogens (primary N) is 2. The lowest BCUT2D eigenvalue weighted by Crippen LogP contribution is -2.18. The van der Waals surface area contributed by atoms with Crippen molar-refractivity contribution in [3.63, 3.8) is 0 Å². The third kappa shape index (κ3) is 4.84. The Balaban J connectivity index is 3.29. The zero-order chi connectivity index (χ0) is 17.6. The molecule has 0 bridgehead atoms. The molecule has 0 aliphatic heterocycles. The lowest BCUT2D eigenvalue weighted by atomic mass is 10.1. The van der Waals surface area contributed by atoms with Gasteiger partial charge in [0, 0.05) is 16.8 Å². The van der Waals surface area contributed by atoms with Gasteiger partial charge in [-0.2, -0.15) is 0 Å². The molecule has 1 aromatic rings. The highest BCUT2D eigenvalue weighted by molar-refractivity contribution is 6.02. The minimum absolute atomic E-state index is 0.00826. The summed E-state index contributed by atoms with van der Waals surface area (Å²) in [5.41, 5.74) is 10.2. The van der Waals surface area contributed by atoms with Gasteiger partial charge in [0.05, 0.1) is 20.3 Å². The zero-order valence-electron chi connectivity index (χ0n) is 12.4. The molecule has 0 fully saturated rings. The number of hydrogen-bond donors (Lipinski definition) is 3. The molecule has 0 atom stereocenters. The fourth-order valence-corrected chi connectivity index (χ4v) is 1.57. The molecule has 0 radical (unpaired) electrons. The molecule has 122 valence electrons. The molecule has 23 heavy (non-hydrogen) atoms. The van der Waals surface area contributed by atoms with E-state index in [1.165, 1.54) is 18.2 Å². The summed E-state index contributed by atoms with van der Waals surface area (Å²) in [7, 11) is 2.25. The number of carbonyl (C=O) groups is 4. The summed E-state index contributed by atoms with van der Waals surface area (Å²) in [6, 6.07) is 3.77. The van der Waals surface area contributed by atoms with E-state index in [9.17, 15) is 19.2 Å². The number of esters is 2. The van der Waals surface area contributed by atoms with Gasteiger partial charge >= 0.3 is 11.9 Å². The molecular formula is C14H15N3O6. The third-order valence-corrected chi connectivity index (χ3v) is 2.65. The first kappa shape index (κ1) is 17.7. The number of hydrogen-bond acceptors (Lipinski definition) is 7. The van der Waals surface area contributed by atoms with Crippen LogP contribution in [-0.2, 0) is 19.1 Å². The summed E-state index contributed by atoms with van der Waals surface area (Å²) in [5.74, 6) is -3.26. The van der Waals surface area contributed by atoms with E-state index in [1.54, 1.807) is 0 Å². The molecule has 9 nitrogen and oxygen atoms in total. The fraction of sp³-hybridized carbons (Fsp3) is 0.143. The Bertz CT molecular complexity index is 664. The van der Waals surface area contributed by atoms with Crippen molar-refractivity contribution < 1.29 is 28.7 Å². The van der Waals surface area contributed by atoms with Crippen LogP contribution in [0.5, 0.6) is 0 Å². The van der Waals surface area contributed by atoms with E-state index in [1.807, 2.05) is 0 Å². The van der Waals surface area contributed by atoms with Gasteiger partial charge < -0.3 is 26.3 Å². The van der Waals surface area contributed by atoms with Gasteiger partial charge in [0.15, 0.2) is 0 Å². The van der Waals surface area contributed by atoms with Crippen LogP contribution in [0.15, 0.2) is 30.0 Å². The number of anilines is 1. The first-order valence-corrected chi connectivity index (χ1v) is 6.18. The summed E-state index contributed by atoms with van der Waals surface area (Å²) < 4.78 is 8.95. The van der Waals surface area contributed by atoms with E-state index in [2.05, 4.69) is 14.8 Å². The smallest absolute Gasteiger partial charge is 0.354 e. The van der Waals surface area contributed by atoms with Crippen LogP contribution in [0.4, 0.5) is 5.69 Å². The summed E-state index contributed by atoms with van der Waals surface area (Å²) in [4.78, 5) is 45.5. The lowest BCUT2D eigenvalue weighted by Gasteiger charge is -2.11. The summed E-state index contributed by atoms with van der Waals surface area (Å²) >= 11 is 0. The highest BCUT2D eigenvalue weighted by Crippen LogP contribution is 2.17. The molecule has 0 aliphatic rings. The van der Waals surface area contributed by atoms with E-state index in [0.29, 0.717) is 0 Å². The predicted molar refractivity (Wildman–Crippen MR) is 79.2 cm³/mol. The van der Waals surface area contributed by atoms with Crippen molar-refractivity contribution >= 4 is 29.4 Å². The number of ether oxygens (including phenoxy) is 2. The Morgan fingerprint density at radius 1 is 0.957 bits per heavy atom. The minimum atomic E-state index is -0.861. The molecule has 0 heterocycles. The average Bonchev–Trinajstić information content (AvgIpc) is 2.52. The number of amides is 2. The largest absolute Gasteiger partial charge is 0.466 e. The normalized spacial score (nSPS) is 10.6. The Hall–Kier alpha value is -3.36. The van der Waals surface area contributed by atoms with Gasteiger partial charge in [0.2, 0.25) is 11.8 Å². The minimum Gasteiger partial charge on any atom is -0.466 e. The fourth-order valence-electron chi connectivity index (χ4n) is 1.57. The van der Waals surface area contributed by atoms with Crippen LogP contribution < -0.4 is 16.8 Å². The number of primary amides is 2. The number of nitrogens with one attached hydrogen (secondary N) is 1. The van der Waals surface area contributed by atoms with E-state index < -0.39 is 23.8 Å². The monoisotopic (exact) mass is 321 g/mol. The highest BCUT2D eigenvalue weighted by Gasteiger charge is 2.15. The Morgan fingerprint density at radius 2 is 1.48 bits per heavy atom. The SMILES string of the molecule is COC(=O)/C=C(/Nc1cc(C(N)=O)cc(C(N)=O)c1)C(=O)OC.